The molecule has 9 aliphatic rings. The first-order valence-electron chi connectivity index (χ1n) is 23.8. The molecule has 25 atom stereocenters. The van der Waals surface area contributed by atoms with E-state index < -0.39 is 133 Å². The summed E-state index contributed by atoms with van der Waals surface area (Å²) in [6.07, 6.45) is -15.4. The number of hydrogen-bond acceptors (Lipinski definition) is 18. The Balaban J connectivity index is 1.05. The fraction of sp³-hybridized carbons (Fsp3) is 1.00. The molecule has 25 unspecified atom stereocenters. The van der Waals surface area contributed by atoms with Crippen molar-refractivity contribution in [1.29, 1.82) is 0 Å². The molecule has 9 fully saturated rings. The van der Waals surface area contributed by atoms with Gasteiger partial charge in [0.25, 0.3) is 0 Å². The van der Waals surface area contributed by atoms with E-state index in [4.69, 9.17) is 33.2 Å². The Bertz CT molecular complexity index is 1720. The molecule has 9 rings (SSSR count). The molecular formula is C46H76O18. The van der Waals surface area contributed by atoms with E-state index >= 15 is 0 Å². The number of aliphatic hydroxyl groups is 11. The van der Waals surface area contributed by atoms with Crippen LogP contribution in [0.3, 0.4) is 0 Å². The highest BCUT2D eigenvalue weighted by molar-refractivity contribution is 5.33. The van der Waals surface area contributed by atoms with Crippen molar-refractivity contribution >= 4 is 0 Å². The largest absolute Gasteiger partial charge is 0.394 e. The van der Waals surface area contributed by atoms with Crippen LogP contribution in [0.25, 0.3) is 0 Å². The fourth-order valence-electron chi connectivity index (χ4n) is 16.2. The molecule has 18 heteroatoms. The Morgan fingerprint density at radius 1 is 0.578 bits per heavy atom. The van der Waals surface area contributed by atoms with Crippen LogP contribution >= 0.6 is 0 Å². The summed E-state index contributed by atoms with van der Waals surface area (Å²) < 4.78 is 44.2. The topological polar surface area (TPSA) is 287 Å². The van der Waals surface area contributed by atoms with Gasteiger partial charge in [-0.15, -0.1) is 0 Å². The standard InChI is InChI=1S/C46H76O18/c1-40(2)27(62-39-34(29(53)22(50)18-59-39)63-37-32(56)28(52)21(49)17-58-37)9-11-46-19-45(46)13-12-42(5)35(44(7)10-8-26(51)41(3,4)64-44)20(48)15-43(42,6)25(45)14-23(36(40)46)60-38-33(57)31(55)30(54)24(16-47)61-38/h20-39,47-57H,8-19H2,1-7H3. The number of ether oxygens (including phenoxy) is 7. The first-order valence-corrected chi connectivity index (χ1v) is 23.8. The van der Waals surface area contributed by atoms with Gasteiger partial charge in [-0.2, -0.15) is 0 Å². The zero-order chi connectivity index (χ0) is 46.5. The van der Waals surface area contributed by atoms with Gasteiger partial charge in [-0.1, -0.05) is 27.7 Å². The van der Waals surface area contributed by atoms with Crippen LogP contribution in [-0.2, 0) is 33.2 Å². The number of rotatable bonds is 8. The van der Waals surface area contributed by atoms with Crippen molar-refractivity contribution in [3.8, 4) is 0 Å². The van der Waals surface area contributed by atoms with Crippen molar-refractivity contribution in [3.63, 3.8) is 0 Å². The van der Waals surface area contributed by atoms with Gasteiger partial charge in [0, 0.05) is 5.92 Å². The Hall–Kier alpha value is -0.720. The smallest absolute Gasteiger partial charge is 0.186 e. The summed E-state index contributed by atoms with van der Waals surface area (Å²) in [4.78, 5) is 0. The van der Waals surface area contributed by atoms with E-state index in [9.17, 15) is 56.2 Å². The Labute approximate surface area is 375 Å². The zero-order valence-electron chi connectivity index (χ0n) is 38.3. The van der Waals surface area contributed by atoms with E-state index in [1.807, 2.05) is 13.8 Å². The highest BCUT2D eigenvalue weighted by Crippen LogP contribution is 2.89. The Morgan fingerprint density at radius 2 is 1.23 bits per heavy atom. The molecule has 64 heavy (non-hydrogen) atoms. The van der Waals surface area contributed by atoms with Gasteiger partial charge in [0.05, 0.1) is 55.4 Å². The predicted molar refractivity (Wildman–Crippen MR) is 220 cm³/mol. The second-order valence-electron chi connectivity index (χ2n) is 23.4. The average molecular weight is 917 g/mol. The van der Waals surface area contributed by atoms with Crippen LogP contribution in [0.1, 0.15) is 106 Å². The summed E-state index contributed by atoms with van der Waals surface area (Å²) in [5.74, 6) is -0.437. The maximum atomic E-state index is 12.3. The van der Waals surface area contributed by atoms with Gasteiger partial charge in [-0.25, -0.2) is 0 Å². The summed E-state index contributed by atoms with van der Waals surface area (Å²) in [7, 11) is 0. The van der Waals surface area contributed by atoms with Crippen molar-refractivity contribution in [2.45, 2.75) is 222 Å². The van der Waals surface area contributed by atoms with E-state index in [0.717, 1.165) is 19.3 Å². The normalized spacial score (nSPS) is 59.0. The summed E-state index contributed by atoms with van der Waals surface area (Å²) in [6, 6.07) is 0. The van der Waals surface area contributed by atoms with Crippen molar-refractivity contribution in [1.82, 2.24) is 0 Å². The third-order valence-electron chi connectivity index (χ3n) is 19.5. The van der Waals surface area contributed by atoms with E-state index in [-0.39, 0.29) is 47.2 Å². The maximum absolute atomic E-state index is 12.3. The van der Waals surface area contributed by atoms with Crippen LogP contribution in [0.5, 0.6) is 0 Å². The number of hydrogen-bond donors (Lipinski definition) is 11. The lowest BCUT2D eigenvalue weighted by molar-refractivity contribution is -0.360. The quantitative estimate of drug-likeness (QED) is 0.133. The van der Waals surface area contributed by atoms with Gasteiger partial charge >= 0.3 is 0 Å². The van der Waals surface area contributed by atoms with Gasteiger partial charge in [0.2, 0.25) is 0 Å². The Morgan fingerprint density at radius 3 is 1.91 bits per heavy atom. The molecule has 0 amide bonds. The summed E-state index contributed by atoms with van der Waals surface area (Å²) in [5, 5.41) is 119. The van der Waals surface area contributed by atoms with Crippen LogP contribution < -0.4 is 0 Å². The van der Waals surface area contributed by atoms with E-state index in [0.29, 0.717) is 38.5 Å². The van der Waals surface area contributed by atoms with Crippen molar-refractivity contribution in [2.75, 3.05) is 19.8 Å². The van der Waals surface area contributed by atoms with Gasteiger partial charge in [-0.05, 0) is 117 Å². The third-order valence-corrected chi connectivity index (χ3v) is 19.5. The molecule has 18 nitrogen and oxygen atoms in total. The number of fused-ring (bicyclic) bond motifs is 2. The molecule has 368 valence electrons. The molecule has 0 aromatic rings. The monoisotopic (exact) mass is 917 g/mol. The van der Waals surface area contributed by atoms with Crippen LogP contribution in [0.4, 0.5) is 0 Å². The molecule has 2 spiro atoms. The summed E-state index contributed by atoms with van der Waals surface area (Å²) >= 11 is 0. The Kier molecular flexibility index (Phi) is 12.2. The van der Waals surface area contributed by atoms with Gasteiger partial charge in [0.1, 0.15) is 61.0 Å². The minimum absolute atomic E-state index is 0.0375. The SMILES string of the molecule is CC1(C)OC(C)(C2C(O)CC3(C)C4CC(OC5OC(CO)C(O)C(O)C5O)C5C(C)(C)C(OC6OCC(O)C(O)C6OC6OCC(O)C(O)C6O)CCC56CC46CCC23C)CCC1O. The summed E-state index contributed by atoms with van der Waals surface area (Å²) in [6.45, 7) is 13.5. The van der Waals surface area contributed by atoms with Crippen molar-refractivity contribution in [2.24, 2.45) is 44.8 Å². The van der Waals surface area contributed by atoms with E-state index in [1.165, 1.54) is 0 Å². The predicted octanol–water partition coefficient (Wildman–Crippen LogP) is -0.813. The first-order chi connectivity index (χ1) is 29.8. The lowest BCUT2D eigenvalue weighted by Crippen LogP contribution is -2.66. The van der Waals surface area contributed by atoms with Crippen molar-refractivity contribution < 1.29 is 89.3 Å². The molecule has 4 aliphatic heterocycles. The van der Waals surface area contributed by atoms with Crippen molar-refractivity contribution in [3.05, 3.63) is 0 Å². The van der Waals surface area contributed by atoms with Gasteiger partial charge in [-0.3, -0.25) is 0 Å². The highest BCUT2D eigenvalue weighted by atomic mass is 16.8. The zero-order valence-corrected chi connectivity index (χ0v) is 38.3. The van der Waals surface area contributed by atoms with Gasteiger partial charge < -0.3 is 89.3 Å². The molecular weight excluding hydrogens is 840 g/mol. The van der Waals surface area contributed by atoms with Crippen LogP contribution in [0, 0.1) is 44.8 Å². The minimum Gasteiger partial charge on any atom is -0.394 e. The molecule has 5 saturated carbocycles. The van der Waals surface area contributed by atoms with E-state index in [1.54, 1.807) is 0 Å². The number of aliphatic hydroxyl groups excluding tert-OH is 11. The molecule has 0 aromatic heterocycles. The first kappa shape index (κ1) is 48.3. The van der Waals surface area contributed by atoms with Crippen LogP contribution in [-0.4, -0.2) is 192 Å². The van der Waals surface area contributed by atoms with Crippen LogP contribution in [0.15, 0.2) is 0 Å². The molecule has 4 saturated heterocycles. The average Bonchev–Trinajstić information content (AvgIpc) is 3.82. The third kappa shape index (κ3) is 6.93. The highest BCUT2D eigenvalue weighted by Gasteiger charge is 2.85. The lowest BCUT2D eigenvalue weighted by atomic mass is 9.41. The van der Waals surface area contributed by atoms with E-state index in [2.05, 4.69) is 34.6 Å². The minimum atomic E-state index is -1.67. The fourth-order valence-corrected chi connectivity index (χ4v) is 16.2. The van der Waals surface area contributed by atoms with Crippen LogP contribution in [0.2, 0.25) is 0 Å². The molecule has 5 aliphatic carbocycles. The molecule has 4 heterocycles. The maximum Gasteiger partial charge on any atom is 0.186 e. The molecule has 11 N–H and O–H groups in total. The molecule has 0 aromatic carbocycles. The van der Waals surface area contributed by atoms with Gasteiger partial charge in [0.15, 0.2) is 18.9 Å². The summed E-state index contributed by atoms with van der Waals surface area (Å²) in [5.41, 5.74) is -3.44. The molecule has 0 bridgehead atoms. The second-order valence-corrected chi connectivity index (χ2v) is 23.4. The second kappa shape index (κ2) is 16.2. The molecule has 0 radical (unpaired) electrons. The lowest BCUT2D eigenvalue weighted by Gasteiger charge is -2.66.